The molecule has 1 atom stereocenters. The molecule has 0 aromatic carbocycles. The predicted molar refractivity (Wildman–Crippen MR) is 63.9 cm³/mol. The van der Waals surface area contributed by atoms with Crippen molar-refractivity contribution >= 4 is 23.1 Å². The number of hydrogen-bond donors (Lipinski definition) is 1. The molecule has 78 valence electrons. The van der Waals surface area contributed by atoms with Crippen LogP contribution in [0.2, 0.25) is 0 Å². The highest BCUT2D eigenvalue weighted by Crippen LogP contribution is 2.37. The van der Waals surface area contributed by atoms with Crippen LogP contribution in [0, 0.1) is 0 Å². The Hall–Kier alpha value is -0.0600. The van der Waals surface area contributed by atoms with Crippen molar-refractivity contribution < 1.29 is 0 Å². The second-order valence-electron chi connectivity index (χ2n) is 4.24. The lowest BCUT2D eigenvalue weighted by molar-refractivity contribution is 0.449. The van der Waals surface area contributed by atoms with Crippen LogP contribution in [0.3, 0.4) is 0 Å². The number of hydrogen-bond acceptors (Lipinski definition) is 4. The van der Waals surface area contributed by atoms with Gasteiger partial charge < -0.3 is 0 Å². The zero-order chi connectivity index (χ0) is 10.2. The molecule has 1 fully saturated rings. The number of thioether (sulfide) groups is 1. The van der Waals surface area contributed by atoms with Crippen molar-refractivity contribution in [2.24, 2.45) is 0 Å². The Kier molecular flexibility index (Phi) is 2.86. The lowest BCUT2D eigenvalue weighted by atomic mass is 10.1. The zero-order valence-electron chi connectivity index (χ0n) is 8.83. The van der Waals surface area contributed by atoms with Gasteiger partial charge in [-0.25, -0.2) is 4.98 Å². The van der Waals surface area contributed by atoms with Crippen molar-refractivity contribution in [1.82, 2.24) is 10.3 Å². The molecule has 1 aliphatic heterocycles. The van der Waals surface area contributed by atoms with Crippen molar-refractivity contribution in [3.05, 3.63) is 16.1 Å². The molecule has 0 bridgehead atoms. The summed E-state index contributed by atoms with van der Waals surface area (Å²) in [5.41, 5.74) is 1.47. The van der Waals surface area contributed by atoms with Crippen LogP contribution in [0.1, 0.15) is 36.8 Å². The van der Waals surface area contributed by atoms with E-state index in [0.717, 1.165) is 12.2 Å². The van der Waals surface area contributed by atoms with Crippen molar-refractivity contribution in [3.8, 4) is 0 Å². The van der Waals surface area contributed by atoms with Crippen molar-refractivity contribution in [2.75, 3.05) is 5.75 Å². The second kappa shape index (κ2) is 3.83. The largest absolute Gasteiger partial charge is 0.294 e. The number of aromatic nitrogens is 1. The van der Waals surface area contributed by atoms with Gasteiger partial charge in [-0.2, -0.15) is 0 Å². The van der Waals surface area contributed by atoms with Crippen LogP contribution >= 0.6 is 23.1 Å². The highest BCUT2D eigenvalue weighted by molar-refractivity contribution is 7.99. The Labute approximate surface area is 93.5 Å². The van der Waals surface area contributed by atoms with E-state index in [1.165, 1.54) is 10.7 Å². The third kappa shape index (κ3) is 2.12. The molecule has 2 heterocycles. The molecule has 0 saturated carbocycles. The van der Waals surface area contributed by atoms with Crippen LogP contribution in [0.15, 0.2) is 5.38 Å². The van der Waals surface area contributed by atoms with E-state index < -0.39 is 0 Å². The third-order valence-electron chi connectivity index (χ3n) is 2.27. The monoisotopic (exact) mass is 228 g/mol. The normalized spacial score (nSPS) is 25.5. The molecule has 1 aromatic heterocycles. The first-order valence-corrected chi connectivity index (χ1v) is 6.87. The lowest BCUT2D eigenvalue weighted by Crippen LogP contribution is -2.35. The summed E-state index contributed by atoms with van der Waals surface area (Å²) in [6.07, 6.45) is 1.05. The SMILES string of the molecule is CCc1nc(C2NC(C)(C)CS2)cs1. The average molecular weight is 228 g/mol. The van der Waals surface area contributed by atoms with E-state index in [0.29, 0.717) is 5.37 Å². The minimum Gasteiger partial charge on any atom is -0.294 e. The molecular formula is C10H16N2S2. The summed E-state index contributed by atoms with van der Waals surface area (Å²) in [7, 11) is 0. The average Bonchev–Trinajstić information content (AvgIpc) is 2.70. The molecule has 2 nitrogen and oxygen atoms in total. The second-order valence-corrected chi connectivity index (χ2v) is 6.27. The molecule has 1 unspecified atom stereocenters. The number of nitrogens with zero attached hydrogens (tertiary/aromatic N) is 1. The first-order chi connectivity index (χ1) is 6.61. The van der Waals surface area contributed by atoms with Gasteiger partial charge in [-0.3, -0.25) is 5.32 Å². The summed E-state index contributed by atoms with van der Waals surface area (Å²) in [6.45, 7) is 6.64. The van der Waals surface area contributed by atoms with E-state index in [1.54, 1.807) is 11.3 Å². The van der Waals surface area contributed by atoms with Crippen LogP contribution in [-0.4, -0.2) is 16.3 Å². The number of rotatable bonds is 2. The maximum Gasteiger partial charge on any atom is 0.0975 e. The van der Waals surface area contributed by atoms with Gasteiger partial charge in [0.25, 0.3) is 0 Å². The quantitative estimate of drug-likeness (QED) is 0.842. The Morgan fingerprint density at radius 3 is 2.93 bits per heavy atom. The highest BCUT2D eigenvalue weighted by atomic mass is 32.2. The van der Waals surface area contributed by atoms with E-state index in [1.807, 2.05) is 11.8 Å². The third-order valence-corrected chi connectivity index (χ3v) is 4.87. The fraction of sp³-hybridized carbons (Fsp3) is 0.700. The molecule has 1 N–H and O–H groups in total. The standard InChI is InChI=1S/C10H16N2S2/c1-4-8-11-7(5-13-8)9-12-10(2,3)6-14-9/h5,9,12H,4,6H2,1-3H3. The number of nitrogens with one attached hydrogen (secondary N) is 1. The molecule has 0 spiro atoms. The molecule has 0 amide bonds. The Balaban J connectivity index is 2.09. The van der Waals surface area contributed by atoms with Gasteiger partial charge in [-0.15, -0.1) is 23.1 Å². The lowest BCUT2D eigenvalue weighted by Gasteiger charge is -2.17. The van der Waals surface area contributed by atoms with Crippen molar-refractivity contribution in [3.63, 3.8) is 0 Å². The summed E-state index contributed by atoms with van der Waals surface area (Å²) in [5.74, 6) is 1.16. The summed E-state index contributed by atoms with van der Waals surface area (Å²) < 4.78 is 0. The van der Waals surface area contributed by atoms with Gasteiger partial charge >= 0.3 is 0 Å². The summed E-state index contributed by atoms with van der Waals surface area (Å²) in [4.78, 5) is 4.61. The Morgan fingerprint density at radius 2 is 2.43 bits per heavy atom. The van der Waals surface area contributed by atoms with E-state index in [-0.39, 0.29) is 5.54 Å². The van der Waals surface area contributed by atoms with E-state index in [9.17, 15) is 0 Å². The van der Waals surface area contributed by atoms with Gasteiger partial charge in [0.05, 0.1) is 16.1 Å². The molecule has 4 heteroatoms. The van der Waals surface area contributed by atoms with Gasteiger partial charge in [0.2, 0.25) is 0 Å². The number of aryl methyl sites for hydroxylation is 1. The van der Waals surface area contributed by atoms with Crippen LogP contribution in [0.5, 0.6) is 0 Å². The van der Waals surface area contributed by atoms with Gasteiger partial charge in [0.15, 0.2) is 0 Å². The van der Waals surface area contributed by atoms with Crippen LogP contribution in [-0.2, 0) is 6.42 Å². The smallest absolute Gasteiger partial charge is 0.0975 e. The van der Waals surface area contributed by atoms with Gasteiger partial charge in [-0.1, -0.05) is 6.92 Å². The Morgan fingerprint density at radius 1 is 1.64 bits per heavy atom. The number of thiazole rings is 1. The zero-order valence-corrected chi connectivity index (χ0v) is 10.5. The van der Waals surface area contributed by atoms with Gasteiger partial charge in [0, 0.05) is 16.7 Å². The molecular weight excluding hydrogens is 212 g/mol. The first kappa shape index (κ1) is 10.5. The minimum absolute atomic E-state index is 0.255. The van der Waals surface area contributed by atoms with Crippen molar-refractivity contribution in [1.29, 1.82) is 0 Å². The Bertz CT molecular complexity index is 320. The highest BCUT2D eigenvalue weighted by Gasteiger charge is 2.32. The molecule has 0 radical (unpaired) electrons. The molecule has 0 aliphatic carbocycles. The minimum atomic E-state index is 0.255. The van der Waals surface area contributed by atoms with Crippen LogP contribution in [0.4, 0.5) is 0 Å². The molecule has 1 saturated heterocycles. The summed E-state index contributed by atoms with van der Waals surface area (Å²) in [6, 6.07) is 0. The van der Waals surface area contributed by atoms with Crippen LogP contribution < -0.4 is 5.32 Å². The molecule has 2 rings (SSSR count). The van der Waals surface area contributed by atoms with Gasteiger partial charge in [0.1, 0.15) is 0 Å². The molecule has 14 heavy (non-hydrogen) atoms. The van der Waals surface area contributed by atoms with Crippen molar-refractivity contribution in [2.45, 2.75) is 38.1 Å². The first-order valence-electron chi connectivity index (χ1n) is 4.94. The van der Waals surface area contributed by atoms with Gasteiger partial charge in [-0.05, 0) is 20.3 Å². The van der Waals surface area contributed by atoms with E-state index >= 15 is 0 Å². The molecule has 1 aromatic rings. The topological polar surface area (TPSA) is 24.9 Å². The summed E-state index contributed by atoms with van der Waals surface area (Å²) in [5, 5.41) is 7.42. The fourth-order valence-electron chi connectivity index (χ4n) is 1.50. The molecule has 1 aliphatic rings. The predicted octanol–water partition coefficient (Wildman–Crippen LogP) is 2.82. The van der Waals surface area contributed by atoms with E-state index in [4.69, 9.17) is 0 Å². The fourth-order valence-corrected chi connectivity index (χ4v) is 3.71. The van der Waals surface area contributed by atoms with Crippen LogP contribution in [0.25, 0.3) is 0 Å². The van der Waals surface area contributed by atoms with E-state index in [2.05, 4.69) is 36.5 Å². The maximum atomic E-state index is 4.61. The summed E-state index contributed by atoms with van der Waals surface area (Å²) >= 11 is 3.73. The maximum absolute atomic E-state index is 4.61.